The third kappa shape index (κ3) is 10.3. The van der Waals surface area contributed by atoms with Crippen molar-refractivity contribution >= 4 is 34.1 Å². The van der Waals surface area contributed by atoms with Crippen LogP contribution in [-0.2, 0) is 41.7 Å². The summed E-state index contributed by atoms with van der Waals surface area (Å²) in [5, 5.41) is 34.5. The van der Waals surface area contributed by atoms with Gasteiger partial charge in [0.25, 0.3) is 5.92 Å². The van der Waals surface area contributed by atoms with Crippen LogP contribution in [0.5, 0.6) is 0 Å². The van der Waals surface area contributed by atoms with Crippen molar-refractivity contribution in [2.75, 3.05) is 23.7 Å². The number of aromatic nitrogens is 4. The Hall–Kier alpha value is -4.36. The molecule has 3 N–H and O–H groups in total. The fourth-order valence-electron chi connectivity index (χ4n) is 5.18. The zero-order valence-corrected chi connectivity index (χ0v) is 26.2. The Morgan fingerprint density at radius 1 is 0.870 bits per heavy atom. The highest BCUT2D eigenvalue weighted by Crippen LogP contribution is 2.28. The van der Waals surface area contributed by atoms with E-state index in [-0.39, 0.29) is 50.6 Å². The lowest BCUT2D eigenvalue weighted by Gasteiger charge is -2.31. The van der Waals surface area contributed by atoms with Gasteiger partial charge in [-0.15, -0.1) is 15.3 Å². The van der Waals surface area contributed by atoms with E-state index >= 15 is 0 Å². The molecule has 0 bridgehead atoms. The molecule has 242 valence electrons. The van der Waals surface area contributed by atoms with Crippen molar-refractivity contribution in [3.8, 4) is 0 Å². The zero-order chi connectivity index (χ0) is 32.4. The maximum Gasteiger partial charge on any atom is 0.251 e. The van der Waals surface area contributed by atoms with Crippen LogP contribution in [0, 0.1) is 0 Å². The normalized spacial score (nSPS) is 14.9. The second-order valence-electron chi connectivity index (χ2n) is 11.4. The molecule has 3 heterocycles. The highest BCUT2D eigenvalue weighted by atomic mass is 32.1. The van der Waals surface area contributed by atoms with Crippen molar-refractivity contribution in [3.05, 3.63) is 94.1 Å². The number of rotatable bonds is 14. The first-order valence-electron chi connectivity index (χ1n) is 15.4. The Morgan fingerprint density at radius 3 is 2.37 bits per heavy atom. The van der Waals surface area contributed by atoms with Crippen LogP contribution in [0.15, 0.2) is 66.7 Å². The molecule has 1 saturated heterocycles. The first kappa shape index (κ1) is 33.0. The average molecular weight is 650 g/mol. The number of unbranched alkanes of at least 4 members (excludes halogenated alkanes) is 1. The largest absolute Gasteiger partial charge is 0.373 e. The van der Waals surface area contributed by atoms with E-state index in [0.29, 0.717) is 17.4 Å². The number of likely N-dealkylation sites (tertiary alicyclic amines) is 1. The van der Waals surface area contributed by atoms with Crippen LogP contribution in [0.2, 0.25) is 0 Å². The van der Waals surface area contributed by atoms with E-state index in [1.807, 2.05) is 60.7 Å². The summed E-state index contributed by atoms with van der Waals surface area (Å²) in [6, 6.07) is 20.5. The Balaban J connectivity index is 0.994. The van der Waals surface area contributed by atoms with Gasteiger partial charge in [-0.1, -0.05) is 65.9 Å². The standard InChI is InChI=1S/C33H37F2N7O3S/c34-33(35)15-17-42(18-16-33)31(45)22-25-10-6-9-24(19-25)21-29(44)37-32-41-40-30(46-32)12-5-4-11-26-13-14-27(39-38-26)36-28(43)20-23-7-2-1-3-8-23/h1-3,6-10,13-14,19,29,44H,4-5,11-12,15-18,20-22H2,(H,37,41)(H,36,39,43). The topological polar surface area (TPSA) is 133 Å². The van der Waals surface area contributed by atoms with Crippen LogP contribution in [0.1, 0.15) is 53.1 Å². The predicted octanol–water partition coefficient (Wildman–Crippen LogP) is 4.85. The van der Waals surface area contributed by atoms with E-state index in [4.69, 9.17) is 0 Å². The molecule has 2 aromatic heterocycles. The highest BCUT2D eigenvalue weighted by Gasteiger charge is 2.35. The van der Waals surface area contributed by atoms with Gasteiger partial charge >= 0.3 is 0 Å². The average Bonchev–Trinajstić information content (AvgIpc) is 3.47. The number of carbonyl (C=O) groups is 2. The number of piperidine rings is 1. The summed E-state index contributed by atoms with van der Waals surface area (Å²) in [5.41, 5.74) is 3.39. The van der Waals surface area contributed by atoms with Crippen molar-refractivity contribution < 1.29 is 23.5 Å². The van der Waals surface area contributed by atoms with Gasteiger partial charge in [-0.25, -0.2) is 8.78 Å². The first-order valence-corrected chi connectivity index (χ1v) is 16.2. The summed E-state index contributed by atoms with van der Waals surface area (Å²) < 4.78 is 26.8. The molecule has 1 aliphatic rings. The number of aryl methyl sites for hydroxylation is 2. The summed E-state index contributed by atoms with van der Waals surface area (Å²) in [4.78, 5) is 26.3. The highest BCUT2D eigenvalue weighted by molar-refractivity contribution is 7.15. The van der Waals surface area contributed by atoms with Gasteiger partial charge < -0.3 is 20.6 Å². The number of anilines is 2. The molecular formula is C33H37F2N7O3S. The lowest BCUT2D eigenvalue weighted by atomic mass is 10.0. The molecule has 0 aliphatic carbocycles. The van der Waals surface area contributed by atoms with Gasteiger partial charge in [-0.05, 0) is 48.1 Å². The van der Waals surface area contributed by atoms with Crippen molar-refractivity contribution in [2.45, 2.75) is 69.9 Å². The Labute approximate surface area is 270 Å². The van der Waals surface area contributed by atoms with Gasteiger partial charge in [-0.2, -0.15) is 5.10 Å². The summed E-state index contributed by atoms with van der Waals surface area (Å²) in [7, 11) is 0. The van der Waals surface area contributed by atoms with E-state index < -0.39 is 12.2 Å². The fraction of sp³-hybridized carbons (Fsp3) is 0.394. The summed E-state index contributed by atoms with van der Waals surface area (Å²) >= 11 is 1.39. The van der Waals surface area contributed by atoms with E-state index in [2.05, 4.69) is 31.0 Å². The number of alkyl halides is 2. The summed E-state index contributed by atoms with van der Waals surface area (Å²) in [6.45, 7) is 0.136. The van der Waals surface area contributed by atoms with Crippen molar-refractivity contribution in [1.29, 1.82) is 0 Å². The smallest absolute Gasteiger partial charge is 0.251 e. The third-order valence-electron chi connectivity index (χ3n) is 7.65. The minimum Gasteiger partial charge on any atom is -0.373 e. The second-order valence-corrected chi connectivity index (χ2v) is 12.5. The van der Waals surface area contributed by atoms with E-state index in [9.17, 15) is 23.5 Å². The lowest BCUT2D eigenvalue weighted by Crippen LogP contribution is -2.43. The molecule has 1 aliphatic heterocycles. The number of aliphatic hydroxyl groups excluding tert-OH is 1. The van der Waals surface area contributed by atoms with E-state index in [0.717, 1.165) is 53.1 Å². The van der Waals surface area contributed by atoms with Gasteiger partial charge in [0.1, 0.15) is 11.2 Å². The number of benzene rings is 2. The number of halogens is 2. The fourth-order valence-corrected chi connectivity index (χ4v) is 6.00. The molecule has 0 saturated carbocycles. The van der Waals surface area contributed by atoms with Gasteiger partial charge in [0, 0.05) is 38.8 Å². The van der Waals surface area contributed by atoms with Crippen molar-refractivity contribution in [3.63, 3.8) is 0 Å². The molecule has 10 nitrogen and oxygen atoms in total. The second kappa shape index (κ2) is 15.8. The molecule has 2 amide bonds. The number of carbonyl (C=O) groups excluding carboxylic acids is 2. The number of nitrogens with zero attached hydrogens (tertiary/aromatic N) is 5. The number of aliphatic hydroxyl groups is 1. The lowest BCUT2D eigenvalue weighted by molar-refractivity contribution is -0.136. The number of nitrogens with one attached hydrogen (secondary N) is 2. The van der Waals surface area contributed by atoms with Crippen LogP contribution in [0.3, 0.4) is 0 Å². The van der Waals surface area contributed by atoms with Gasteiger partial charge in [-0.3, -0.25) is 9.59 Å². The molecular weight excluding hydrogens is 612 g/mol. The quantitative estimate of drug-likeness (QED) is 0.131. The Morgan fingerprint density at radius 2 is 1.61 bits per heavy atom. The molecule has 2 aromatic carbocycles. The zero-order valence-electron chi connectivity index (χ0n) is 25.4. The number of hydrogen-bond donors (Lipinski definition) is 3. The number of amides is 2. The maximum absolute atomic E-state index is 13.4. The SMILES string of the molecule is O=C(Cc1ccccc1)Nc1ccc(CCCCc2nnc(NC(O)Cc3cccc(CC(=O)N4CCC(F)(F)CC4)c3)s2)nn1. The maximum atomic E-state index is 13.4. The predicted molar refractivity (Wildman–Crippen MR) is 172 cm³/mol. The summed E-state index contributed by atoms with van der Waals surface area (Å²) in [5.74, 6) is -2.58. The third-order valence-corrected chi connectivity index (χ3v) is 8.56. The van der Waals surface area contributed by atoms with Crippen LogP contribution in [0.4, 0.5) is 19.7 Å². The van der Waals surface area contributed by atoms with E-state index in [1.165, 1.54) is 16.2 Å². The molecule has 1 fully saturated rings. The van der Waals surface area contributed by atoms with E-state index in [1.54, 1.807) is 6.07 Å². The van der Waals surface area contributed by atoms with Gasteiger partial charge in [0.05, 0.1) is 18.5 Å². The van der Waals surface area contributed by atoms with Crippen molar-refractivity contribution in [2.24, 2.45) is 0 Å². The van der Waals surface area contributed by atoms with Crippen LogP contribution >= 0.6 is 11.3 Å². The molecule has 0 radical (unpaired) electrons. The first-order chi connectivity index (χ1) is 22.2. The monoisotopic (exact) mass is 649 g/mol. The Kier molecular flexibility index (Phi) is 11.3. The molecule has 46 heavy (non-hydrogen) atoms. The van der Waals surface area contributed by atoms with Crippen LogP contribution in [0.25, 0.3) is 0 Å². The molecule has 1 unspecified atom stereocenters. The van der Waals surface area contributed by atoms with Gasteiger partial charge in [0.2, 0.25) is 16.9 Å². The molecule has 4 aromatic rings. The minimum atomic E-state index is -2.69. The molecule has 13 heteroatoms. The molecule has 1 atom stereocenters. The van der Waals surface area contributed by atoms with Crippen LogP contribution < -0.4 is 10.6 Å². The summed E-state index contributed by atoms with van der Waals surface area (Å²) in [6.07, 6.45) is 2.44. The van der Waals surface area contributed by atoms with Crippen LogP contribution in [-0.4, -0.2) is 67.5 Å². The Bertz CT molecular complexity index is 1580. The molecule has 0 spiro atoms. The minimum absolute atomic E-state index is 0.0681. The number of hydrogen-bond acceptors (Lipinski definition) is 9. The van der Waals surface area contributed by atoms with Gasteiger partial charge in [0.15, 0.2) is 5.82 Å². The van der Waals surface area contributed by atoms with Crippen molar-refractivity contribution in [1.82, 2.24) is 25.3 Å². The molecule has 5 rings (SSSR count).